The van der Waals surface area contributed by atoms with Gasteiger partial charge in [0.25, 0.3) is 0 Å². The Morgan fingerprint density at radius 1 is 1.24 bits per heavy atom. The molecule has 0 fully saturated rings. The number of benzene rings is 1. The Kier molecular flexibility index (Phi) is 6.20. The second kappa shape index (κ2) is 7.45. The predicted octanol–water partition coefficient (Wildman–Crippen LogP) is 3.69. The first-order valence-electron chi connectivity index (χ1n) is 6.77. The number of carbonyl (C=O) groups excluding carboxylic acids is 1. The van der Waals surface area contributed by atoms with E-state index < -0.39 is 18.0 Å². The normalized spacial score (nSPS) is 12.1. The van der Waals surface area contributed by atoms with Crippen LogP contribution in [0.15, 0.2) is 16.6 Å². The maximum Gasteiger partial charge on any atom is 0.326 e. The van der Waals surface area contributed by atoms with Crippen LogP contribution in [-0.2, 0) is 4.79 Å². The SMILES string of the molecule is Cc1cc(Br)cc(C)c1NC(=O)N[C@H](CC(C)C)C(=O)O. The summed E-state index contributed by atoms with van der Waals surface area (Å²) >= 11 is 3.39. The summed E-state index contributed by atoms with van der Waals surface area (Å²) in [4.78, 5) is 23.2. The summed E-state index contributed by atoms with van der Waals surface area (Å²) < 4.78 is 0.937. The number of carbonyl (C=O) groups is 2. The van der Waals surface area contributed by atoms with Gasteiger partial charge in [-0.25, -0.2) is 9.59 Å². The highest BCUT2D eigenvalue weighted by Crippen LogP contribution is 2.25. The summed E-state index contributed by atoms with van der Waals surface area (Å²) in [5, 5.41) is 14.4. The molecule has 1 atom stereocenters. The van der Waals surface area contributed by atoms with Gasteiger partial charge in [-0.3, -0.25) is 0 Å². The lowest BCUT2D eigenvalue weighted by atomic mass is 10.0. The van der Waals surface area contributed by atoms with Crippen molar-refractivity contribution in [2.75, 3.05) is 5.32 Å². The lowest BCUT2D eigenvalue weighted by Crippen LogP contribution is -2.43. The highest BCUT2D eigenvalue weighted by molar-refractivity contribution is 9.10. The number of rotatable bonds is 5. The number of anilines is 1. The molecule has 2 amide bonds. The molecule has 0 saturated carbocycles. The first-order chi connectivity index (χ1) is 9.70. The Bertz CT molecular complexity index is 521. The van der Waals surface area contributed by atoms with E-state index in [1.165, 1.54) is 0 Å². The van der Waals surface area contributed by atoms with Crippen molar-refractivity contribution in [3.63, 3.8) is 0 Å². The van der Waals surface area contributed by atoms with Crippen molar-refractivity contribution >= 4 is 33.6 Å². The smallest absolute Gasteiger partial charge is 0.326 e. The highest BCUT2D eigenvalue weighted by atomic mass is 79.9. The molecular weight excluding hydrogens is 336 g/mol. The van der Waals surface area contributed by atoms with Crippen LogP contribution in [0, 0.1) is 19.8 Å². The second-order valence-electron chi connectivity index (χ2n) is 5.53. The molecule has 0 radical (unpaired) electrons. The van der Waals surface area contributed by atoms with Crippen LogP contribution in [0.25, 0.3) is 0 Å². The summed E-state index contributed by atoms with van der Waals surface area (Å²) in [6.07, 6.45) is 0.390. The van der Waals surface area contributed by atoms with Crippen molar-refractivity contribution in [3.05, 3.63) is 27.7 Å². The number of hydrogen-bond donors (Lipinski definition) is 3. The molecule has 116 valence electrons. The first kappa shape index (κ1) is 17.5. The zero-order valence-corrected chi connectivity index (χ0v) is 14.2. The Balaban J connectivity index is 2.79. The van der Waals surface area contributed by atoms with Crippen LogP contribution in [0.4, 0.5) is 10.5 Å². The van der Waals surface area contributed by atoms with Gasteiger partial charge in [0.15, 0.2) is 0 Å². The molecule has 21 heavy (non-hydrogen) atoms. The average Bonchev–Trinajstić information content (AvgIpc) is 2.32. The van der Waals surface area contributed by atoms with E-state index in [2.05, 4.69) is 26.6 Å². The molecule has 0 heterocycles. The summed E-state index contributed by atoms with van der Waals surface area (Å²) in [5.41, 5.74) is 2.52. The number of hydrogen-bond acceptors (Lipinski definition) is 2. The quantitative estimate of drug-likeness (QED) is 0.752. The van der Waals surface area contributed by atoms with Gasteiger partial charge in [-0.1, -0.05) is 29.8 Å². The topological polar surface area (TPSA) is 78.4 Å². The van der Waals surface area contributed by atoms with Gasteiger partial charge in [0, 0.05) is 10.2 Å². The van der Waals surface area contributed by atoms with Crippen molar-refractivity contribution < 1.29 is 14.7 Å². The minimum absolute atomic E-state index is 0.183. The molecule has 0 spiro atoms. The van der Waals surface area contributed by atoms with E-state index in [1.807, 2.05) is 39.8 Å². The predicted molar refractivity (Wildman–Crippen MR) is 86.6 cm³/mol. The van der Waals surface area contributed by atoms with E-state index in [0.29, 0.717) is 12.1 Å². The van der Waals surface area contributed by atoms with Crippen LogP contribution < -0.4 is 10.6 Å². The fourth-order valence-electron chi connectivity index (χ4n) is 2.11. The van der Waals surface area contributed by atoms with Crippen LogP contribution in [0.3, 0.4) is 0 Å². The fraction of sp³-hybridized carbons (Fsp3) is 0.467. The standard InChI is InChI=1S/C15H21BrN2O3/c1-8(2)5-12(14(19)20)17-15(21)18-13-9(3)6-11(16)7-10(13)4/h6-8,12H,5H2,1-4H3,(H,19,20)(H2,17,18,21)/t12-/m1/s1. The molecule has 0 saturated heterocycles. The lowest BCUT2D eigenvalue weighted by molar-refractivity contribution is -0.139. The molecule has 0 aliphatic carbocycles. The molecule has 0 bridgehead atoms. The average molecular weight is 357 g/mol. The van der Waals surface area contributed by atoms with Gasteiger partial charge in [-0.15, -0.1) is 0 Å². The van der Waals surface area contributed by atoms with Crippen LogP contribution in [-0.4, -0.2) is 23.1 Å². The van der Waals surface area contributed by atoms with Crippen molar-refractivity contribution in [2.24, 2.45) is 5.92 Å². The van der Waals surface area contributed by atoms with Gasteiger partial charge in [-0.05, 0) is 49.4 Å². The number of aryl methyl sites for hydroxylation is 2. The van der Waals surface area contributed by atoms with Crippen LogP contribution in [0.2, 0.25) is 0 Å². The molecule has 0 aliphatic heterocycles. The van der Waals surface area contributed by atoms with Gasteiger partial charge in [0.2, 0.25) is 0 Å². The third-order valence-corrected chi connectivity index (χ3v) is 3.50. The fourth-order valence-corrected chi connectivity index (χ4v) is 2.80. The van der Waals surface area contributed by atoms with E-state index >= 15 is 0 Å². The molecule has 0 aromatic heterocycles. The molecule has 0 unspecified atom stereocenters. The number of halogens is 1. The number of amides is 2. The minimum atomic E-state index is -1.02. The third-order valence-electron chi connectivity index (χ3n) is 3.05. The van der Waals surface area contributed by atoms with E-state index in [0.717, 1.165) is 15.6 Å². The minimum Gasteiger partial charge on any atom is -0.480 e. The molecule has 1 rings (SSSR count). The number of carboxylic acid groups (broad SMARTS) is 1. The maximum absolute atomic E-state index is 12.0. The molecule has 3 N–H and O–H groups in total. The molecule has 5 nitrogen and oxygen atoms in total. The second-order valence-corrected chi connectivity index (χ2v) is 6.45. The van der Waals surface area contributed by atoms with Gasteiger partial charge in [0.1, 0.15) is 6.04 Å². The van der Waals surface area contributed by atoms with Gasteiger partial charge in [-0.2, -0.15) is 0 Å². The van der Waals surface area contributed by atoms with E-state index in [1.54, 1.807) is 0 Å². The zero-order valence-electron chi connectivity index (χ0n) is 12.7. The summed E-state index contributed by atoms with van der Waals surface area (Å²) in [6.45, 7) is 7.60. The molecule has 1 aromatic rings. The van der Waals surface area contributed by atoms with Crippen molar-refractivity contribution in [2.45, 2.75) is 40.2 Å². The third kappa shape index (κ3) is 5.38. The van der Waals surface area contributed by atoms with Gasteiger partial charge in [0.05, 0.1) is 0 Å². The summed E-state index contributed by atoms with van der Waals surface area (Å²) in [7, 11) is 0. The Morgan fingerprint density at radius 2 is 1.76 bits per heavy atom. The van der Waals surface area contributed by atoms with Crippen LogP contribution >= 0.6 is 15.9 Å². The van der Waals surface area contributed by atoms with E-state index in [-0.39, 0.29) is 5.92 Å². The number of aliphatic carboxylic acids is 1. The van der Waals surface area contributed by atoms with E-state index in [4.69, 9.17) is 5.11 Å². The van der Waals surface area contributed by atoms with Gasteiger partial charge >= 0.3 is 12.0 Å². The maximum atomic E-state index is 12.0. The Morgan fingerprint density at radius 3 is 2.19 bits per heavy atom. The summed E-state index contributed by atoms with van der Waals surface area (Å²) in [5.74, 6) is -0.842. The number of carboxylic acids is 1. The molecule has 1 aromatic carbocycles. The van der Waals surface area contributed by atoms with Crippen LogP contribution in [0.5, 0.6) is 0 Å². The van der Waals surface area contributed by atoms with Crippen molar-refractivity contribution in [1.29, 1.82) is 0 Å². The monoisotopic (exact) mass is 356 g/mol. The van der Waals surface area contributed by atoms with Crippen molar-refractivity contribution in [1.82, 2.24) is 5.32 Å². The Labute approximate surface area is 133 Å². The first-order valence-corrected chi connectivity index (χ1v) is 7.57. The molecular formula is C15H21BrN2O3. The largest absolute Gasteiger partial charge is 0.480 e. The van der Waals surface area contributed by atoms with Gasteiger partial charge < -0.3 is 15.7 Å². The highest BCUT2D eigenvalue weighted by Gasteiger charge is 2.21. The Hall–Kier alpha value is -1.56. The summed E-state index contributed by atoms with van der Waals surface area (Å²) in [6, 6.07) is 2.40. The lowest BCUT2D eigenvalue weighted by Gasteiger charge is -2.18. The number of urea groups is 1. The molecule has 6 heteroatoms. The van der Waals surface area contributed by atoms with E-state index in [9.17, 15) is 9.59 Å². The van der Waals surface area contributed by atoms with Crippen LogP contribution in [0.1, 0.15) is 31.4 Å². The number of nitrogens with one attached hydrogen (secondary N) is 2. The molecule has 0 aliphatic rings. The zero-order chi connectivity index (χ0) is 16.2. The van der Waals surface area contributed by atoms with Crippen molar-refractivity contribution in [3.8, 4) is 0 Å².